The predicted molar refractivity (Wildman–Crippen MR) is 98.5 cm³/mol. The standard InChI is InChI=1S/C17H23IN2O3/c1-17(2,3)23-16(22)20-10-9-12(11-20)15(21)19(4)14-8-6-5-7-13(14)18/h5-8,12H,9-11H2,1-4H3. The lowest BCUT2D eigenvalue weighted by Gasteiger charge is -2.25. The third kappa shape index (κ3) is 4.59. The van der Waals surface area contributed by atoms with E-state index in [0.717, 1.165) is 9.26 Å². The molecule has 1 atom stereocenters. The highest BCUT2D eigenvalue weighted by molar-refractivity contribution is 14.1. The molecule has 1 aliphatic rings. The van der Waals surface area contributed by atoms with Gasteiger partial charge in [-0.2, -0.15) is 0 Å². The van der Waals surface area contributed by atoms with Gasteiger partial charge in [-0.25, -0.2) is 4.79 Å². The molecule has 0 aromatic heterocycles. The highest BCUT2D eigenvalue weighted by Crippen LogP contribution is 2.26. The molecule has 23 heavy (non-hydrogen) atoms. The van der Waals surface area contributed by atoms with Crippen LogP contribution in [0.3, 0.4) is 0 Å². The van der Waals surface area contributed by atoms with Crippen LogP contribution >= 0.6 is 22.6 Å². The van der Waals surface area contributed by atoms with Crippen LogP contribution in [-0.4, -0.2) is 42.6 Å². The normalized spacial score (nSPS) is 18.0. The summed E-state index contributed by atoms with van der Waals surface area (Å²) in [5.41, 5.74) is 0.379. The fourth-order valence-electron chi connectivity index (χ4n) is 2.57. The molecule has 1 aliphatic heterocycles. The number of benzene rings is 1. The number of para-hydroxylation sites is 1. The maximum absolute atomic E-state index is 12.7. The molecule has 1 heterocycles. The Hall–Kier alpha value is -1.31. The van der Waals surface area contributed by atoms with Crippen LogP contribution in [0.15, 0.2) is 24.3 Å². The molecule has 1 aromatic carbocycles. The molecule has 1 saturated heterocycles. The van der Waals surface area contributed by atoms with Gasteiger partial charge in [-0.15, -0.1) is 0 Å². The molecule has 5 nitrogen and oxygen atoms in total. The van der Waals surface area contributed by atoms with Crippen molar-refractivity contribution in [3.05, 3.63) is 27.8 Å². The molecular weight excluding hydrogens is 407 g/mol. The van der Waals surface area contributed by atoms with Crippen LogP contribution in [-0.2, 0) is 9.53 Å². The summed E-state index contributed by atoms with van der Waals surface area (Å²) < 4.78 is 6.41. The van der Waals surface area contributed by atoms with E-state index in [1.165, 1.54) is 0 Å². The molecule has 1 unspecified atom stereocenters. The topological polar surface area (TPSA) is 49.9 Å². The molecule has 126 valence electrons. The number of hydrogen-bond acceptors (Lipinski definition) is 3. The van der Waals surface area contributed by atoms with E-state index >= 15 is 0 Å². The summed E-state index contributed by atoms with van der Waals surface area (Å²) in [7, 11) is 1.79. The molecule has 0 aliphatic carbocycles. The van der Waals surface area contributed by atoms with Gasteiger partial charge in [-0.3, -0.25) is 4.79 Å². The predicted octanol–water partition coefficient (Wildman–Crippen LogP) is 3.51. The SMILES string of the molecule is CN(C(=O)C1CCN(C(=O)OC(C)(C)C)C1)c1ccccc1I. The van der Waals surface area contributed by atoms with E-state index in [9.17, 15) is 9.59 Å². The first-order valence-electron chi connectivity index (χ1n) is 7.69. The molecule has 1 fully saturated rings. The maximum atomic E-state index is 12.7. The molecule has 0 radical (unpaired) electrons. The van der Waals surface area contributed by atoms with Crippen molar-refractivity contribution in [2.75, 3.05) is 25.0 Å². The first-order chi connectivity index (χ1) is 10.7. The largest absolute Gasteiger partial charge is 0.444 e. The number of ether oxygens (including phenoxy) is 1. The number of carbonyl (C=O) groups excluding carboxylic acids is 2. The van der Waals surface area contributed by atoms with Gasteiger partial charge in [0.05, 0.1) is 11.6 Å². The monoisotopic (exact) mass is 430 g/mol. The summed E-state index contributed by atoms with van der Waals surface area (Å²) in [5.74, 6) is -0.135. The number of amides is 2. The van der Waals surface area contributed by atoms with E-state index in [0.29, 0.717) is 19.5 Å². The highest BCUT2D eigenvalue weighted by Gasteiger charge is 2.35. The van der Waals surface area contributed by atoms with Crippen molar-refractivity contribution in [3.63, 3.8) is 0 Å². The van der Waals surface area contributed by atoms with Crippen molar-refractivity contribution in [1.29, 1.82) is 0 Å². The summed E-state index contributed by atoms with van der Waals surface area (Å²) in [6.45, 7) is 6.50. The average molecular weight is 430 g/mol. The summed E-state index contributed by atoms with van der Waals surface area (Å²) in [5, 5.41) is 0. The third-order valence-corrected chi connectivity index (χ3v) is 4.65. The first-order valence-corrected chi connectivity index (χ1v) is 8.77. The van der Waals surface area contributed by atoms with Crippen molar-refractivity contribution in [2.45, 2.75) is 32.8 Å². The van der Waals surface area contributed by atoms with Crippen LogP contribution in [0, 0.1) is 9.49 Å². The Kier molecular flexibility index (Phi) is 5.54. The second-order valence-corrected chi connectivity index (χ2v) is 7.92. The van der Waals surface area contributed by atoms with Crippen molar-refractivity contribution >= 4 is 40.3 Å². The van der Waals surface area contributed by atoms with E-state index in [-0.39, 0.29) is 17.9 Å². The Morgan fingerprint density at radius 3 is 2.57 bits per heavy atom. The van der Waals surface area contributed by atoms with Gasteiger partial charge >= 0.3 is 6.09 Å². The fourth-order valence-corrected chi connectivity index (χ4v) is 3.32. The fraction of sp³-hybridized carbons (Fsp3) is 0.529. The maximum Gasteiger partial charge on any atom is 0.410 e. The van der Waals surface area contributed by atoms with E-state index < -0.39 is 5.60 Å². The summed E-state index contributed by atoms with van der Waals surface area (Å²) in [6, 6.07) is 7.77. The average Bonchev–Trinajstić information content (AvgIpc) is 2.94. The Morgan fingerprint density at radius 2 is 1.96 bits per heavy atom. The molecular formula is C17H23IN2O3. The molecule has 2 amide bonds. The van der Waals surface area contributed by atoms with Gasteiger partial charge in [0.2, 0.25) is 5.91 Å². The molecule has 0 saturated carbocycles. The Balaban J connectivity index is 2.00. The van der Waals surface area contributed by atoms with Gasteiger partial charge in [0, 0.05) is 23.7 Å². The van der Waals surface area contributed by atoms with Crippen LogP contribution in [0.1, 0.15) is 27.2 Å². The summed E-state index contributed by atoms with van der Waals surface area (Å²) >= 11 is 2.22. The molecule has 6 heteroatoms. The zero-order chi connectivity index (χ0) is 17.2. The van der Waals surface area contributed by atoms with E-state index in [1.807, 2.05) is 45.0 Å². The zero-order valence-corrected chi connectivity index (χ0v) is 16.2. The Bertz CT molecular complexity index is 598. The van der Waals surface area contributed by atoms with Crippen molar-refractivity contribution in [1.82, 2.24) is 4.90 Å². The minimum absolute atomic E-state index is 0.0418. The third-order valence-electron chi connectivity index (χ3n) is 3.73. The van der Waals surface area contributed by atoms with Gasteiger partial charge in [0.25, 0.3) is 0 Å². The van der Waals surface area contributed by atoms with Crippen molar-refractivity contribution < 1.29 is 14.3 Å². The summed E-state index contributed by atoms with van der Waals surface area (Å²) in [4.78, 5) is 28.1. The van der Waals surface area contributed by atoms with Gasteiger partial charge in [0.15, 0.2) is 0 Å². The van der Waals surface area contributed by atoms with Gasteiger partial charge < -0.3 is 14.5 Å². The van der Waals surface area contributed by atoms with Gasteiger partial charge in [-0.05, 0) is 61.9 Å². The lowest BCUT2D eigenvalue weighted by Crippen LogP contribution is -2.38. The zero-order valence-electron chi connectivity index (χ0n) is 14.0. The summed E-state index contributed by atoms with van der Waals surface area (Å²) in [6.07, 6.45) is 0.330. The van der Waals surface area contributed by atoms with E-state index in [2.05, 4.69) is 22.6 Å². The second kappa shape index (κ2) is 7.07. The molecule has 0 spiro atoms. The second-order valence-electron chi connectivity index (χ2n) is 6.76. The van der Waals surface area contributed by atoms with E-state index in [4.69, 9.17) is 4.74 Å². The molecule has 0 bridgehead atoms. The number of rotatable bonds is 2. The lowest BCUT2D eigenvalue weighted by atomic mass is 10.1. The highest BCUT2D eigenvalue weighted by atomic mass is 127. The van der Waals surface area contributed by atoms with Crippen LogP contribution < -0.4 is 4.90 Å². The van der Waals surface area contributed by atoms with Crippen LogP contribution in [0.25, 0.3) is 0 Å². The van der Waals surface area contributed by atoms with E-state index in [1.54, 1.807) is 16.8 Å². The lowest BCUT2D eigenvalue weighted by molar-refractivity contribution is -0.121. The van der Waals surface area contributed by atoms with Gasteiger partial charge in [0.1, 0.15) is 5.60 Å². The Labute approximate surface area is 151 Å². The number of halogens is 1. The number of carbonyl (C=O) groups is 2. The van der Waals surface area contributed by atoms with Crippen molar-refractivity contribution in [3.8, 4) is 0 Å². The van der Waals surface area contributed by atoms with Crippen molar-refractivity contribution in [2.24, 2.45) is 5.92 Å². The number of likely N-dealkylation sites (tertiary alicyclic amines) is 1. The van der Waals surface area contributed by atoms with Crippen LogP contribution in [0.2, 0.25) is 0 Å². The number of nitrogens with zero attached hydrogens (tertiary/aromatic N) is 2. The number of anilines is 1. The smallest absolute Gasteiger partial charge is 0.410 e. The molecule has 1 aromatic rings. The first kappa shape index (κ1) is 18.0. The Morgan fingerprint density at radius 1 is 1.30 bits per heavy atom. The minimum Gasteiger partial charge on any atom is -0.444 e. The van der Waals surface area contributed by atoms with Crippen LogP contribution in [0.4, 0.5) is 10.5 Å². The number of hydrogen-bond donors (Lipinski definition) is 0. The molecule has 0 N–H and O–H groups in total. The quantitative estimate of drug-likeness (QED) is 0.675. The van der Waals surface area contributed by atoms with Gasteiger partial charge in [-0.1, -0.05) is 12.1 Å². The van der Waals surface area contributed by atoms with Crippen LogP contribution in [0.5, 0.6) is 0 Å². The minimum atomic E-state index is -0.518. The molecule has 2 rings (SSSR count).